The summed E-state index contributed by atoms with van der Waals surface area (Å²) in [5, 5.41) is 0.900. The predicted molar refractivity (Wildman–Crippen MR) is 55.3 cm³/mol. The van der Waals surface area contributed by atoms with E-state index in [1.165, 1.54) is 0 Å². The summed E-state index contributed by atoms with van der Waals surface area (Å²) >= 11 is 6.10. The van der Waals surface area contributed by atoms with E-state index >= 15 is 0 Å². The molecular formula is C10H7ClSi. The zero-order valence-corrected chi connectivity index (χ0v) is 8.18. The van der Waals surface area contributed by atoms with Crippen molar-refractivity contribution in [2.75, 3.05) is 0 Å². The summed E-state index contributed by atoms with van der Waals surface area (Å²) in [5.74, 6) is 0. The van der Waals surface area contributed by atoms with Crippen LogP contribution in [0.3, 0.4) is 0 Å². The number of benzene rings is 1. The smallest absolute Gasteiger partial charge is 0.128 e. The van der Waals surface area contributed by atoms with Gasteiger partial charge in [0.2, 0.25) is 0 Å². The number of halogens is 1. The molecule has 0 nitrogen and oxygen atoms in total. The highest BCUT2D eigenvalue weighted by molar-refractivity contribution is 7.35. The highest BCUT2D eigenvalue weighted by Crippen LogP contribution is 2.05. The van der Waals surface area contributed by atoms with Gasteiger partial charge in [0.25, 0.3) is 0 Å². The van der Waals surface area contributed by atoms with Gasteiger partial charge in [0, 0.05) is 0 Å². The minimum Gasteiger partial charge on any atom is -0.128 e. The molecule has 0 radical (unpaired) electrons. The topological polar surface area (TPSA) is 0 Å². The quantitative estimate of drug-likeness (QED) is 0.357. The van der Waals surface area contributed by atoms with E-state index in [0.717, 1.165) is 5.19 Å². The highest BCUT2D eigenvalue weighted by Gasteiger charge is 2.28. The second-order valence-electron chi connectivity index (χ2n) is 2.31. The molecule has 2 heteroatoms. The molecule has 0 atom stereocenters. The molecule has 0 aromatic heterocycles. The van der Waals surface area contributed by atoms with Gasteiger partial charge >= 0.3 is 7.38 Å². The summed E-state index contributed by atoms with van der Waals surface area (Å²) in [5.41, 5.74) is 5.03. The lowest BCUT2D eigenvalue weighted by molar-refractivity contribution is 1.76. The maximum absolute atomic E-state index is 6.10. The van der Waals surface area contributed by atoms with Crippen LogP contribution in [0.4, 0.5) is 0 Å². The van der Waals surface area contributed by atoms with Crippen molar-refractivity contribution in [3.05, 3.63) is 30.3 Å². The molecule has 0 unspecified atom stereocenters. The number of rotatable bonds is 1. The van der Waals surface area contributed by atoms with Crippen LogP contribution in [0.25, 0.3) is 0 Å². The molecule has 0 aliphatic carbocycles. The van der Waals surface area contributed by atoms with Crippen LogP contribution in [0.5, 0.6) is 0 Å². The average Bonchev–Trinajstić information content (AvgIpc) is 2.18. The zero-order valence-electron chi connectivity index (χ0n) is 6.42. The molecule has 1 rings (SSSR count). The van der Waals surface area contributed by atoms with Gasteiger partial charge in [-0.2, -0.15) is 0 Å². The lowest BCUT2D eigenvalue weighted by atomic mass is 10.4. The van der Waals surface area contributed by atoms with E-state index in [1.54, 1.807) is 0 Å². The molecule has 58 valence electrons. The summed E-state index contributed by atoms with van der Waals surface area (Å²) in [6.45, 7) is 0. The Kier molecular flexibility index (Phi) is 2.60. The Bertz CT molecular complexity index is 328. The van der Waals surface area contributed by atoms with Gasteiger partial charge in [-0.1, -0.05) is 41.4 Å². The fourth-order valence-electron chi connectivity index (χ4n) is 0.876. The van der Waals surface area contributed by atoms with Crippen LogP contribution in [-0.4, -0.2) is 7.38 Å². The zero-order chi connectivity index (χ0) is 9.03. The minimum atomic E-state index is -2.55. The highest BCUT2D eigenvalue weighted by atomic mass is 35.6. The molecule has 1 aromatic rings. The molecule has 12 heavy (non-hydrogen) atoms. The number of hydrogen-bond acceptors (Lipinski definition) is 0. The Hall–Kier alpha value is -1.15. The van der Waals surface area contributed by atoms with Crippen LogP contribution in [0.15, 0.2) is 30.3 Å². The molecule has 0 amide bonds. The third-order valence-corrected chi connectivity index (χ3v) is 4.80. The van der Waals surface area contributed by atoms with Gasteiger partial charge in [0.1, 0.15) is 0 Å². The summed E-state index contributed by atoms with van der Waals surface area (Å²) in [7, 11) is -2.55. The van der Waals surface area contributed by atoms with E-state index in [-0.39, 0.29) is 0 Å². The summed E-state index contributed by atoms with van der Waals surface area (Å²) in [6.07, 6.45) is 10.6. The van der Waals surface area contributed by atoms with Crippen molar-refractivity contribution in [3.63, 3.8) is 0 Å². The Morgan fingerprint density at radius 1 is 1.08 bits per heavy atom. The van der Waals surface area contributed by atoms with Gasteiger partial charge in [0.05, 0.1) is 0 Å². The lowest BCUT2D eigenvalue weighted by Crippen LogP contribution is -2.39. The van der Waals surface area contributed by atoms with Crippen molar-refractivity contribution in [2.45, 2.75) is 0 Å². The first-order chi connectivity index (χ1) is 5.73. The van der Waals surface area contributed by atoms with E-state index in [0.29, 0.717) is 0 Å². The molecule has 1 aromatic carbocycles. The molecule has 0 heterocycles. The second kappa shape index (κ2) is 3.50. The van der Waals surface area contributed by atoms with Crippen LogP contribution >= 0.6 is 11.1 Å². The number of hydrogen-bond donors (Lipinski definition) is 0. The van der Waals surface area contributed by atoms with Crippen molar-refractivity contribution in [2.24, 2.45) is 0 Å². The normalized spacial score (nSPS) is 9.92. The van der Waals surface area contributed by atoms with Gasteiger partial charge in [-0.25, -0.2) is 0 Å². The van der Waals surface area contributed by atoms with E-state index in [9.17, 15) is 0 Å². The molecular weight excluding hydrogens is 184 g/mol. The van der Waals surface area contributed by atoms with Crippen molar-refractivity contribution in [1.29, 1.82) is 0 Å². The monoisotopic (exact) mass is 190 g/mol. The van der Waals surface area contributed by atoms with Crippen molar-refractivity contribution in [1.82, 2.24) is 0 Å². The van der Waals surface area contributed by atoms with E-state index in [2.05, 4.69) is 11.1 Å². The van der Waals surface area contributed by atoms with Crippen molar-refractivity contribution >= 4 is 23.6 Å². The lowest BCUT2D eigenvalue weighted by Gasteiger charge is -2.09. The average molecular weight is 191 g/mol. The Balaban J connectivity index is 3.17. The maximum atomic E-state index is 6.10. The molecule has 0 fully saturated rings. The van der Waals surface area contributed by atoms with Gasteiger partial charge < -0.3 is 0 Å². The first-order valence-corrected chi connectivity index (χ1v) is 6.44. The molecule has 0 saturated carbocycles. The van der Waals surface area contributed by atoms with Gasteiger partial charge in [0.15, 0.2) is 0 Å². The fourth-order valence-corrected chi connectivity index (χ4v) is 2.32. The Morgan fingerprint density at radius 3 is 2.00 bits per heavy atom. The van der Waals surface area contributed by atoms with Crippen LogP contribution in [0.2, 0.25) is 0 Å². The van der Waals surface area contributed by atoms with E-state index < -0.39 is 7.38 Å². The molecule has 0 bridgehead atoms. The first kappa shape index (κ1) is 8.94. The van der Waals surface area contributed by atoms with Crippen LogP contribution in [-0.2, 0) is 0 Å². The standard InChI is InChI=1S/C10H7ClSi/c1-3-12(11,4-2)10-8-6-5-7-9-10/h1-2,5-9H. The fraction of sp³-hybridized carbons (Fsp3) is 0. The largest absolute Gasteiger partial charge is 0.338 e. The Morgan fingerprint density at radius 2 is 1.58 bits per heavy atom. The van der Waals surface area contributed by atoms with Gasteiger partial charge in [-0.05, 0) is 5.19 Å². The first-order valence-electron chi connectivity index (χ1n) is 3.43. The van der Waals surface area contributed by atoms with E-state index in [1.807, 2.05) is 30.3 Å². The van der Waals surface area contributed by atoms with Crippen molar-refractivity contribution in [3.8, 4) is 23.9 Å². The predicted octanol–water partition coefficient (Wildman–Crippen LogP) is 1.42. The van der Waals surface area contributed by atoms with Gasteiger partial charge in [-0.15, -0.1) is 23.9 Å². The van der Waals surface area contributed by atoms with Crippen LogP contribution in [0, 0.1) is 23.9 Å². The van der Waals surface area contributed by atoms with E-state index in [4.69, 9.17) is 23.9 Å². The van der Waals surface area contributed by atoms with Gasteiger partial charge in [-0.3, -0.25) is 0 Å². The molecule has 0 saturated heterocycles. The minimum absolute atomic E-state index is 0.900. The summed E-state index contributed by atoms with van der Waals surface area (Å²) in [4.78, 5) is 0. The summed E-state index contributed by atoms with van der Waals surface area (Å²) < 4.78 is 0. The van der Waals surface area contributed by atoms with Crippen LogP contribution in [0.1, 0.15) is 0 Å². The number of terminal acetylenes is 2. The SMILES string of the molecule is C#C[Si](Cl)(C#C)c1ccccc1. The second-order valence-corrected chi connectivity index (χ2v) is 6.49. The van der Waals surface area contributed by atoms with Crippen LogP contribution < -0.4 is 5.19 Å². The molecule has 0 aliphatic heterocycles. The third-order valence-electron chi connectivity index (χ3n) is 1.57. The molecule has 0 spiro atoms. The summed E-state index contributed by atoms with van der Waals surface area (Å²) in [6, 6.07) is 9.42. The van der Waals surface area contributed by atoms with Crippen molar-refractivity contribution < 1.29 is 0 Å². The third kappa shape index (κ3) is 1.53. The molecule has 0 aliphatic rings. The maximum Gasteiger partial charge on any atom is 0.338 e. The molecule has 0 N–H and O–H groups in total. The Labute approximate surface area is 78.3 Å².